The predicted molar refractivity (Wildman–Crippen MR) is 72.2 cm³/mol. The van der Waals surface area contributed by atoms with Crippen LogP contribution in [0.5, 0.6) is 0 Å². The highest BCUT2D eigenvalue weighted by atomic mass is 19.1. The summed E-state index contributed by atoms with van der Waals surface area (Å²) in [5, 5.41) is 1.16. The van der Waals surface area contributed by atoms with Gasteiger partial charge in [-0.3, -0.25) is 9.59 Å². The van der Waals surface area contributed by atoms with Crippen LogP contribution in [0.15, 0.2) is 42.6 Å². The number of nitrogens with one attached hydrogen (secondary N) is 1. The Bertz CT molecular complexity index is 651. The molecule has 1 aromatic heterocycles. The van der Waals surface area contributed by atoms with Crippen LogP contribution in [-0.2, 0) is 4.79 Å². The van der Waals surface area contributed by atoms with E-state index in [9.17, 15) is 14.0 Å². The number of hydrogen-bond donors (Lipinski definition) is 1. The number of nitrogens with zero attached hydrogens (tertiary/aromatic N) is 2. The van der Waals surface area contributed by atoms with Crippen molar-refractivity contribution in [1.29, 1.82) is 0 Å². The lowest BCUT2D eigenvalue weighted by atomic mass is 10.1. The van der Waals surface area contributed by atoms with Gasteiger partial charge in [0.25, 0.3) is 5.91 Å². The molecule has 6 heteroatoms. The average Bonchev–Trinajstić information content (AvgIpc) is 2.88. The van der Waals surface area contributed by atoms with Crippen LogP contribution in [0.4, 0.5) is 4.39 Å². The van der Waals surface area contributed by atoms with Gasteiger partial charge in [0, 0.05) is 20.2 Å². The molecule has 0 atom stereocenters. The molecule has 0 fully saturated rings. The lowest BCUT2D eigenvalue weighted by Crippen LogP contribution is -2.48. The summed E-state index contributed by atoms with van der Waals surface area (Å²) < 4.78 is 15.0. The minimum Gasteiger partial charge on any atom is -0.287 e. The van der Waals surface area contributed by atoms with E-state index in [2.05, 4.69) is 5.43 Å². The smallest absolute Gasteiger partial charge is 0.253 e. The molecule has 0 spiro atoms. The van der Waals surface area contributed by atoms with Crippen LogP contribution in [0.2, 0.25) is 0 Å². The van der Waals surface area contributed by atoms with Gasteiger partial charge in [0.05, 0.1) is 5.56 Å². The molecule has 0 aliphatic heterocycles. The second-order valence-corrected chi connectivity index (χ2v) is 4.10. The summed E-state index contributed by atoms with van der Waals surface area (Å²) in [6.07, 6.45) is 1.55. The normalized spacial score (nSPS) is 10.3. The summed E-state index contributed by atoms with van der Waals surface area (Å²) in [4.78, 5) is 23.9. The van der Waals surface area contributed by atoms with Crippen molar-refractivity contribution in [2.24, 2.45) is 0 Å². The summed E-state index contributed by atoms with van der Waals surface area (Å²) in [6.45, 7) is 1.36. The molecule has 104 valence electrons. The minimum absolute atomic E-state index is 0.0351. The largest absolute Gasteiger partial charge is 0.287 e. The maximum absolute atomic E-state index is 13.7. The van der Waals surface area contributed by atoms with E-state index in [1.54, 1.807) is 25.4 Å². The summed E-state index contributed by atoms with van der Waals surface area (Å²) in [6, 6.07) is 8.88. The fourth-order valence-electron chi connectivity index (χ4n) is 1.93. The van der Waals surface area contributed by atoms with Gasteiger partial charge in [0.2, 0.25) is 5.78 Å². The van der Waals surface area contributed by atoms with Gasteiger partial charge in [-0.2, -0.15) is 5.12 Å². The van der Waals surface area contributed by atoms with Gasteiger partial charge in [0.15, 0.2) is 0 Å². The van der Waals surface area contributed by atoms with E-state index in [1.807, 2.05) is 0 Å². The van der Waals surface area contributed by atoms with Crippen molar-refractivity contribution in [2.45, 2.75) is 6.92 Å². The third kappa shape index (κ3) is 2.46. The SMILES string of the molecule is CNN(C(C)=O)n1cccc1C(=O)c1ccccc1F. The first kappa shape index (κ1) is 14.0. The van der Waals surface area contributed by atoms with E-state index in [4.69, 9.17) is 0 Å². The third-order valence-corrected chi connectivity index (χ3v) is 2.80. The molecule has 2 aromatic rings. The Kier molecular flexibility index (Phi) is 3.95. The molecule has 1 aromatic carbocycles. The van der Waals surface area contributed by atoms with Gasteiger partial charge in [-0.15, -0.1) is 0 Å². The topological polar surface area (TPSA) is 54.3 Å². The Morgan fingerprint density at radius 1 is 1.20 bits per heavy atom. The molecule has 0 radical (unpaired) electrons. The number of benzene rings is 1. The Morgan fingerprint density at radius 2 is 1.90 bits per heavy atom. The fourth-order valence-corrected chi connectivity index (χ4v) is 1.93. The first-order chi connectivity index (χ1) is 9.56. The molecule has 1 heterocycles. The molecular formula is C14H14FN3O2. The molecule has 2 rings (SSSR count). The van der Waals surface area contributed by atoms with E-state index >= 15 is 0 Å². The molecular weight excluding hydrogens is 261 g/mol. The van der Waals surface area contributed by atoms with Gasteiger partial charge in [-0.25, -0.2) is 14.5 Å². The van der Waals surface area contributed by atoms with E-state index in [0.717, 1.165) is 5.12 Å². The standard InChI is InChI=1S/C14H14FN3O2/c1-10(19)18(16-2)17-9-5-8-13(17)14(20)11-6-3-4-7-12(11)15/h3-9,16H,1-2H3. The van der Waals surface area contributed by atoms with Crippen LogP contribution in [-0.4, -0.2) is 23.4 Å². The Labute approximate surface area is 115 Å². The van der Waals surface area contributed by atoms with E-state index < -0.39 is 11.6 Å². The van der Waals surface area contributed by atoms with Crippen molar-refractivity contribution in [3.05, 3.63) is 59.7 Å². The number of aromatic nitrogens is 1. The Morgan fingerprint density at radius 3 is 2.50 bits per heavy atom. The van der Waals surface area contributed by atoms with E-state index in [-0.39, 0.29) is 17.2 Å². The number of hydrogen-bond acceptors (Lipinski definition) is 3. The average molecular weight is 275 g/mol. The molecule has 0 saturated carbocycles. The Balaban J connectivity index is 2.45. The fraction of sp³-hybridized carbons (Fsp3) is 0.143. The summed E-state index contributed by atoms with van der Waals surface area (Å²) in [5.74, 6) is -1.38. The molecule has 0 bridgehead atoms. The second kappa shape index (κ2) is 5.66. The highest BCUT2D eigenvalue weighted by molar-refractivity contribution is 6.08. The zero-order valence-electron chi connectivity index (χ0n) is 11.1. The number of carbonyl (C=O) groups is 2. The maximum Gasteiger partial charge on any atom is 0.253 e. The quantitative estimate of drug-likeness (QED) is 0.679. The molecule has 1 N–H and O–H groups in total. The zero-order chi connectivity index (χ0) is 14.7. The van der Waals surface area contributed by atoms with Crippen LogP contribution >= 0.6 is 0 Å². The number of rotatable bonds is 4. The van der Waals surface area contributed by atoms with Gasteiger partial charge in [-0.05, 0) is 24.3 Å². The molecule has 0 unspecified atom stereocenters. The number of ketones is 1. The van der Waals surface area contributed by atoms with Crippen molar-refractivity contribution in [3.8, 4) is 0 Å². The number of hydrazine groups is 1. The number of halogens is 1. The lowest BCUT2D eigenvalue weighted by Gasteiger charge is -2.22. The van der Waals surface area contributed by atoms with Crippen LogP contribution in [0, 0.1) is 5.82 Å². The highest BCUT2D eigenvalue weighted by Crippen LogP contribution is 2.14. The van der Waals surface area contributed by atoms with Crippen molar-refractivity contribution in [3.63, 3.8) is 0 Å². The molecule has 0 aliphatic carbocycles. The van der Waals surface area contributed by atoms with Crippen molar-refractivity contribution in [1.82, 2.24) is 10.1 Å². The second-order valence-electron chi connectivity index (χ2n) is 4.10. The lowest BCUT2D eigenvalue weighted by molar-refractivity contribution is -0.118. The van der Waals surface area contributed by atoms with E-state index in [0.29, 0.717) is 0 Å². The highest BCUT2D eigenvalue weighted by Gasteiger charge is 2.20. The van der Waals surface area contributed by atoms with Gasteiger partial charge in [-0.1, -0.05) is 12.1 Å². The maximum atomic E-state index is 13.7. The molecule has 5 nitrogen and oxygen atoms in total. The third-order valence-electron chi connectivity index (χ3n) is 2.80. The molecule has 20 heavy (non-hydrogen) atoms. The van der Waals surface area contributed by atoms with Crippen LogP contribution in [0.25, 0.3) is 0 Å². The first-order valence-corrected chi connectivity index (χ1v) is 6.01. The molecule has 0 aliphatic rings. The first-order valence-electron chi connectivity index (χ1n) is 6.01. The monoisotopic (exact) mass is 275 g/mol. The van der Waals surface area contributed by atoms with E-state index in [1.165, 1.54) is 35.9 Å². The summed E-state index contributed by atoms with van der Waals surface area (Å²) in [7, 11) is 1.55. The van der Waals surface area contributed by atoms with Crippen LogP contribution in [0.3, 0.4) is 0 Å². The van der Waals surface area contributed by atoms with Crippen molar-refractivity contribution < 1.29 is 14.0 Å². The van der Waals surface area contributed by atoms with Crippen LogP contribution in [0.1, 0.15) is 23.0 Å². The van der Waals surface area contributed by atoms with Crippen LogP contribution < -0.4 is 10.5 Å². The molecule has 1 amide bonds. The Hall–Kier alpha value is -2.47. The number of amides is 1. The van der Waals surface area contributed by atoms with Crippen molar-refractivity contribution in [2.75, 3.05) is 12.2 Å². The molecule has 0 saturated heterocycles. The number of carbonyl (C=O) groups excluding carboxylic acids is 2. The van der Waals surface area contributed by atoms with Gasteiger partial charge < -0.3 is 0 Å². The minimum atomic E-state index is -0.593. The zero-order valence-corrected chi connectivity index (χ0v) is 11.1. The van der Waals surface area contributed by atoms with Gasteiger partial charge >= 0.3 is 0 Å². The van der Waals surface area contributed by atoms with Gasteiger partial charge in [0.1, 0.15) is 11.5 Å². The summed E-state index contributed by atoms with van der Waals surface area (Å²) in [5.41, 5.74) is 2.83. The predicted octanol–water partition coefficient (Wildman–Crippen LogP) is 1.48. The van der Waals surface area contributed by atoms with Crippen molar-refractivity contribution >= 4 is 11.7 Å². The summed E-state index contributed by atoms with van der Waals surface area (Å²) >= 11 is 0.